The van der Waals surface area contributed by atoms with Gasteiger partial charge in [-0.2, -0.15) is 0 Å². The van der Waals surface area contributed by atoms with E-state index in [1.165, 1.54) is 0 Å². The summed E-state index contributed by atoms with van der Waals surface area (Å²) >= 11 is 0. The number of anilines is 2. The van der Waals surface area contributed by atoms with Crippen LogP contribution in [0.3, 0.4) is 0 Å². The Bertz CT molecular complexity index is 1150. The molecule has 0 bridgehead atoms. The molecule has 0 N–H and O–H groups in total. The van der Waals surface area contributed by atoms with Gasteiger partial charge in [-0.1, -0.05) is 32.0 Å². The fraction of sp³-hybridized carbons (Fsp3) is 0.480. The second-order valence-corrected chi connectivity index (χ2v) is 11.7. The van der Waals surface area contributed by atoms with E-state index in [2.05, 4.69) is 18.7 Å². The first-order valence-electron chi connectivity index (χ1n) is 11.6. The minimum atomic E-state index is -3.66. The molecule has 170 valence electrons. The molecule has 3 heterocycles. The van der Waals surface area contributed by atoms with Crippen LogP contribution in [0.5, 0.6) is 0 Å². The number of carbonyl (C=O) groups excluding carboxylic acids is 1. The van der Waals surface area contributed by atoms with Gasteiger partial charge in [-0.05, 0) is 61.1 Å². The number of benzene rings is 2. The standard InChI is InChI=1S/C25H31N3O3S/c1-25(2)18-27(17-24(29)26-13-5-6-14-26)23-12-11-20(16-21(23)25)32(30,31)28-15-7-9-19-8-3-4-10-22(19)28/h3-4,8,10-12,16H,5-7,9,13-15,17-18H2,1-2H3. The smallest absolute Gasteiger partial charge is 0.264 e. The zero-order chi connectivity index (χ0) is 22.5. The molecule has 0 spiro atoms. The Morgan fingerprint density at radius 3 is 2.50 bits per heavy atom. The monoisotopic (exact) mass is 453 g/mol. The van der Waals surface area contributed by atoms with Crippen molar-refractivity contribution in [1.82, 2.24) is 4.90 Å². The third kappa shape index (κ3) is 3.56. The lowest BCUT2D eigenvalue weighted by Gasteiger charge is -2.30. The number of fused-ring (bicyclic) bond motifs is 2. The number of likely N-dealkylation sites (tertiary alicyclic amines) is 1. The topological polar surface area (TPSA) is 60.9 Å². The molecule has 32 heavy (non-hydrogen) atoms. The molecule has 0 aliphatic carbocycles. The Labute approximate surface area is 190 Å². The van der Waals surface area contributed by atoms with E-state index >= 15 is 0 Å². The number of hydrogen-bond acceptors (Lipinski definition) is 4. The average Bonchev–Trinajstić information content (AvgIpc) is 3.40. The maximum absolute atomic E-state index is 13.6. The molecule has 1 fully saturated rings. The summed E-state index contributed by atoms with van der Waals surface area (Å²) in [6.45, 7) is 7.49. The summed E-state index contributed by atoms with van der Waals surface area (Å²) in [6.07, 6.45) is 3.88. The van der Waals surface area contributed by atoms with Crippen molar-refractivity contribution in [3.8, 4) is 0 Å². The largest absolute Gasteiger partial charge is 0.361 e. The third-order valence-electron chi connectivity index (χ3n) is 7.06. The summed E-state index contributed by atoms with van der Waals surface area (Å²) in [7, 11) is -3.66. The van der Waals surface area contributed by atoms with Crippen LogP contribution in [0.25, 0.3) is 0 Å². The fourth-order valence-electron chi connectivity index (χ4n) is 5.39. The van der Waals surface area contributed by atoms with Crippen molar-refractivity contribution in [1.29, 1.82) is 0 Å². The van der Waals surface area contributed by atoms with E-state index in [1.807, 2.05) is 41.3 Å². The second-order valence-electron chi connectivity index (χ2n) is 9.82. The van der Waals surface area contributed by atoms with Crippen molar-refractivity contribution >= 4 is 27.3 Å². The Balaban J connectivity index is 1.46. The molecule has 5 rings (SSSR count). The molecular formula is C25H31N3O3S. The molecule has 3 aliphatic heterocycles. The minimum absolute atomic E-state index is 0.160. The molecule has 0 aromatic heterocycles. The number of amides is 1. The Hall–Kier alpha value is -2.54. The molecule has 7 heteroatoms. The minimum Gasteiger partial charge on any atom is -0.361 e. The van der Waals surface area contributed by atoms with E-state index in [4.69, 9.17) is 0 Å². The molecule has 0 unspecified atom stereocenters. The highest BCUT2D eigenvalue weighted by atomic mass is 32.2. The predicted molar refractivity (Wildman–Crippen MR) is 127 cm³/mol. The van der Waals surface area contributed by atoms with Gasteiger partial charge in [0, 0.05) is 37.3 Å². The van der Waals surface area contributed by atoms with Gasteiger partial charge >= 0.3 is 0 Å². The van der Waals surface area contributed by atoms with Crippen LogP contribution in [0.1, 0.15) is 44.2 Å². The van der Waals surface area contributed by atoms with E-state index < -0.39 is 10.0 Å². The summed E-state index contributed by atoms with van der Waals surface area (Å²) < 4.78 is 28.9. The van der Waals surface area contributed by atoms with E-state index in [0.29, 0.717) is 24.5 Å². The van der Waals surface area contributed by atoms with E-state index in [9.17, 15) is 13.2 Å². The normalized spacial score (nSPS) is 19.8. The molecule has 2 aromatic rings. The van der Waals surface area contributed by atoms with Crippen LogP contribution in [0, 0.1) is 0 Å². The van der Waals surface area contributed by atoms with Crippen molar-refractivity contribution in [3.63, 3.8) is 0 Å². The van der Waals surface area contributed by atoms with Crippen LogP contribution in [0.15, 0.2) is 47.4 Å². The average molecular weight is 454 g/mol. The zero-order valence-corrected chi connectivity index (χ0v) is 19.7. The Morgan fingerprint density at radius 1 is 0.969 bits per heavy atom. The van der Waals surface area contributed by atoms with Crippen LogP contribution in [0.4, 0.5) is 11.4 Å². The van der Waals surface area contributed by atoms with Gasteiger partial charge in [0.1, 0.15) is 0 Å². The number of hydrogen-bond donors (Lipinski definition) is 0. The summed E-state index contributed by atoms with van der Waals surface area (Å²) in [6, 6.07) is 13.2. The molecule has 3 aliphatic rings. The number of sulfonamides is 1. The fourth-order valence-corrected chi connectivity index (χ4v) is 6.96. The van der Waals surface area contributed by atoms with E-state index in [1.54, 1.807) is 10.4 Å². The first-order valence-corrected chi connectivity index (χ1v) is 13.0. The van der Waals surface area contributed by atoms with Crippen molar-refractivity contribution in [3.05, 3.63) is 53.6 Å². The lowest BCUT2D eigenvalue weighted by atomic mass is 9.87. The molecular weight excluding hydrogens is 422 g/mol. The quantitative estimate of drug-likeness (QED) is 0.710. The number of nitrogens with zero attached hydrogens (tertiary/aromatic N) is 3. The first kappa shape index (κ1) is 21.3. The van der Waals surface area contributed by atoms with Gasteiger partial charge < -0.3 is 9.80 Å². The summed E-state index contributed by atoms with van der Waals surface area (Å²) in [5.74, 6) is 0.160. The number of carbonyl (C=O) groups is 1. The van der Waals surface area contributed by atoms with Gasteiger partial charge in [-0.3, -0.25) is 9.10 Å². The molecule has 2 aromatic carbocycles. The summed E-state index contributed by atoms with van der Waals surface area (Å²) in [5, 5.41) is 0. The molecule has 6 nitrogen and oxygen atoms in total. The van der Waals surface area contributed by atoms with Crippen molar-refractivity contribution in [2.75, 3.05) is 41.9 Å². The molecule has 1 saturated heterocycles. The predicted octanol–water partition coefficient (Wildman–Crippen LogP) is 3.55. The van der Waals surface area contributed by atoms with Crippen molar-refractivity contribution in [2.24, 2.45) is 0 Å². The van der Waals surface area contributed by atoms with Crippen molar-refractivity contribution < 1.29 is 13.2 Å². The summed E-state index contributed by atoms with van der Waals surface area (Å²) in [5.41, 5.74) is 3.61. The number of para-hydroxylation sites is 1. The van der Waals surface area contributed by atoms with Crippen LogP contribution >= 0.6 is 0 Å². The van der Waals surface area contributed by atoms with Gasteiger partial charge in [0.25, 0.3) is 10.0 Å². The maximum Gasteiger partial charge on any atom is 0.264 e. The zero-order valence-electron chi connectivity index (χ0n) is 18.9. The highest BCUT2D eigenvalue weighted by Gasteiger charge is 2.38. The Morgan fingerprint density at radius 2 is 1.72 bits per heavy atom. The van der Waals surface area contributed by atoms with E-state index in [0.717, 1.165) is 61.3 Å². The van der Waals surface area contributed by atoms with Crippen LogP contribution < -0.4 is 9.21 Å². The number of aryl methyl sites for hydroxylation is 1. The van der Waals surface area contributed by atoms with Gasteiger partial charge in [-0.25, -0.2) is 8.42 Å². The van der Waals surface area contributed by atoms with Crippen LogP contribution in [0.2, 0.25) is 0 Å². The lowest BCUT2D eigenvalue weighted by molar-refractivity contribution is -0.128. The van der Waals surface area contributed by atoms with Gasteiger partial charge in [0.05, 0.1) is 17.1 Å². The molecule has 1 amide bonds. The van der Waals surface area contributed by atoms with Gasteiger partial charge in [-0.15, -0.1) is 0 Å². The summed E-state index contributed by atoms with van der Waals surface area (Å²) in [4.78, 5) is 17.1. The van der Waals surface area contributed by atoms with Gasteiger partial charge in [0.2, 0.25) is 5.91 Å². The van der Waals surface area contributed by atoms with Crippen molar-refractivity contribution in [2.45, 2.75) is 49.8 Å². The third-order valence-corrected chi connectivity index (χ3v) is 8.87. The molecule has 0 saturated carbocycles. The van der Waals surface area contributed by atoms with E-state index in [-0.39, 0.29) is 11.3 Å². The highest BCUT2D eigenvalue weighted by molar-refractivity contribution is 7.92. The molecule has 0 radical (unpaired) electrons. The second kappa shape index (κ2) is 7.80. The van der Waals surface area contributed by atoms with Crippen LogP contribution in [-0.2, 0) is 26.7 Å². The lowest BCUT2D eigenvalue weighted by Crippen LogP contribution is -2.40. The number of rotatable bonds is 4. The molecule has 0 atom stereocenters. The SMILES string of the molecule is CC1(C)CN(CC(=O)N2CCCC2)c2ccc(S(=O)(=O)N3CCCc4ccccc43)cc21. The Kier molecular flexibility index (Phi) is 5.19. The first-order chi connectivity index (χ1) is 15.3. The maximum atomic E-state index is 13.6. The van der Waals surface area contributed by atoms with Crippen LogP contribution in [-0.4, -0.2) is 51.9 Å². The highest BCUT2D eigenvalue weighted by Crippen LogP contribution is 2.42. The van der Waals surface area contributed by atoms with Gasteiger partial charge in [0.15, 0.2) is 0 Å².